The smallest absolute Gasteiger partial charge is 0.142 e. The van der Waals surface area contributed by atoms with E-state index in [0.717, 1.165) is 17.4 Å². The van der Waals surface area contributed by atoms with Crippen LogP contribution in [0.2, 0.25) is 0 Å². The van der Waals surface area contributed by atoms with Crippen LogP contribution in [-0.4, -0.2) is 26.7 Å². The molecule has 1 aliphatic carbocycles. The van der Waals surface area contributed by atoms with E-state index in [1.807, 2.05) is 18.2 Å². The summed E-state index contributed by atoms with van der Waals surface area (Å²) in [6, 6.07) is 8.55. The fourth-order valence-electron chi connectivity index (χ4n) is 2.25. The zero-order valence-corrected chi connectivity index (χ0v) is 10.0. The van der Waals surface area contributed by atoms with Crippen molar-refractivity contribution in [3.63, 3.8) is 0 Å². The van der Waals surface area contributed by atoms with Crippen LogP contribution in [0.4, 0.5) is 5.69 Å². The maximum absolute atomic E-state index is 5.86. The van der Waals surface area contributed by atoms with Crippen molar-refractivity contribution in [3.05, 3.63) is 24.3 Å². The number of para-hydroxylation sites is 2. The van der Waals surface area contributed by atoms with Gasteiger partial charge in [0.25, 0.3) is 0 Å². The Morgan fingerprint density at radius 1 is 1.44 bits per heavy atom. The molecule has 1 saturated carbocycles. The maximum atomic E-state index is 5.86. The molecule has 0 aliphatic heterocycles. The van der Waals surface area contributed by atoms with Crippen molar-refractivity contribution in [1.29, 1.82) is 0 Å². The van der Waals surface area contributed by atoms with Crippen molar-refractivity contribution in [3.8, 4) is 5.75 Å². The second-order valence-electron chi connectivity index (χ2n) is 4.42. The monoisotopic (exact) mass is 220 g/mol. The van der Waals surface area contributed by atoms with Gasteiger partial charge in [0.05, 0.1) is 12.8 Å². The molecule has 2 rings (SSSR count). The Labute approximate surface area is 97.2 Å². The standard InChI is InChI=1S/C13H20N2O/c1-15(12(9-14)10-7-8-10)11-5-3-4-6-13(11)16-2/h3-6,10,12H,7-9,14H2,1-2H3. The number of nitrogens with two attached hydrogens (primary N) is 1. The number of hydrogen-bond donors (Lipinski definition) is 1. The van der Waals surface area contributed by atoms with E-state index in [9.17, 15) is 0 Å². The van der Waals surface area contributed by atoms with Gasteiger partial charge in [-0.3, -0.25) is 0 Å². The highest BCUT2D eigenvalue weighted by Gasteiger charge is 2.33. The first-order chi connectivity index (χ1) is 7.77. The van der Waals surface area contributed by atoms with Gasteiger partial charge in [-0.15, -0.1) is 0 Å². The van der Waals surface area contributed by atoms with Gasteiger partial charge in [-0.1, -0.05) is 12.1 Å². The van der Waals surface area contributed by atoms with Crippen LogP contribution in [-0.2, 0) is 0 Å². The van der Waals surface area contributed by atoms with E-state index in [4.69, 9.17) is 10.5 Å². The molecule has 88 valence electrons. The van der Waals surface area contributed by atoms with Crippen molar-refractivity contribution in [1.82, 2.24) is 0 Å². The van der Waals surface area contributed by atoms with Gasteiger partial charge in [0.15, 0.2) is 0 Å². The van der Waals surface area contributed by atoms with Crippen LogP contribution in [0.15, 0.2) is 24.3 Å². The Balaban J connectivity index is 2.20. The number of anilines is 1. The van der Waals surface area contributed by atoms with Crippen molar-refractivity contribution in [2.75, 3.05) is 25.6 Å². The third-order valence-corrected chi connectivity index (χ3v) is 3.37. The second-order valence-corrected chi connectivity index (χ2v) is 4.42. The molecular weight excluding hydrogens is 200 g/mol. The molecule has 16 heavy (non-hydrogen) atoms. The number of hydrogen-bond acceptors (Lipinski definition) is 3. The van der Waals surface area contributed by atoms with E-state index in [-0.39, 0.29) is 0 Å². The number of methoxy groups -OCH3 is 1. The summed E-state index contributed by atoms with van der Waals surface area (Å²) in [5, 5.41) is 0. The molecule has 1 aromatic rings. The molecule has 0 spiro atoms. The molecule has 1 atom stereocenters. The molecule has 0 heterocycles. The van der Waals surface area contributed by atoms with Crippen LogP contribution in [0, 0.1) is 5.92 Å². The second kappa shape index (κ2) is 4.74. The summed E-state index contributed by atoms with van der Waals surface area (Å²) in [4.78, 5) is 2.26. The molecule has 0 amide bonds. The van der Waals surface area contributed by atoms with Gasteiger partial charge in [0.1, 0.15) is 5.75 Å². The first-order valence-electron chi connectivity index (χ1n) is 5.84. The summed E-state index contributed by atoms with van der Waals surface area (Å²) in [6.45, 7) is 0.708. The van der Waals surface area contributed by atoms with E-state index in [2.05, 4.69) is 18.0 Å². The summed E-state index contributed by atoms with van der Waals surface area (Å²) in [5.41, 5.74) is 6.99. The maximum Gasteiger partial charge on any atom is 0.142 e. The highest BCUT2D eigenvalue weighted by Crippen LogP contribution is 2.38. The molecule has 0 aromatic heterocycles. The zero-order chi connectivity index (χ0) is 11.5. The highest BCUT2D eigenvalue weighted by atomic mass is 16.5. The van der Waals surface area contributed by atoms with E-state index in [0.29, 0.717) is 12.6 Å². The number of likely N-dealkylation sites (N-methyl/N-ethyl adjacent to an activating group) is 1. The Morgan fingerprint density at radius 2 is 2.12 bits per heavy atom. The Kier molecular flexibility index (Phi) is 3.34. The molecule has 0 bridgehead atoms. The summed E-state index contributed by atoms with van der Waals surface area (Å²) in [5.74, 6) is 1.68. The van der Waals surface area contributed by atoms with Crippen LogP contribution >= 0.6 is 0 Å². The van der Waals surface area contributed by atoms with Crippen molar-refractivity contribution in [2.24, 2.45) is 11.7 Å². The van der Waals surface area contributed by atoms with Gasteiger partial charge in [-0.2, -0.15) is 0 Å². The SMILES string of the molecule is COc1ccccc1N(C)C(CN)C1CC1. The molecule has 1 fully saturated rings. The van der Waals surface area contributed by atoms with E-state index < -0.39 is 0 Å². The summed E-state index contributed by atoms with van der Waals surface area (Å²) >= 11 is 0. The molecule has 3 heteroatoms. The van der Waals surface area contributed by atoms with E-state index >= 15 is 0 Å². The third-order valence-electron chi connectivity index (χ3n) is 3.37. The van der Waals surface area contributed by atoms with Crippen LogP contribution in [0.3, 0.4) is 0 Å². The fraction of sp³-hybridized carbons (Fsp3) is 0.538. The molecule has 1 unspecified atom stereocenters. The lowest BCUT2D eigenvalue weighted by Gasteiger charge is -2.30. The largest absolute Gasteiger partial charge is 0.495 e. The quantitative estimate of drug-likeness (QED) is 0.823. The Bertz CT molecular complexity index is 350. The molecule has 1 aromatic carbocycles. The summed E-state index contributed by atoms with van der Waals surface area (Å²) in [7, 11) is 3.81. The van der Waals surface area contributed by atoms with Crippen LogP contribution in [0.1, 0.15) is 12.8 Å². The van der Waals surface area contributed by atoms with Gasteiger partial charge in [0.2, 0.25) is 0 Å². The number of rotatable bonds is 5. The number of benzene rings is 1. The number of nitrogens with zero attached hydrogens (tertiary/aromatic N) is 1. The first-order valence-corrected chi connectivity index (χ1v) is 5.84. The first kappa shape index (κ1) is 11.3. The van der Waals surface area contributed by atoms with Gasteiger partial charge < -0.3 is 15.4 Å². The van der Waals surface area contributed by atoms with Crippen LogP contribution < -0.4 is 15.4 Å². The predicted octanol–water partition coefficient (Wildman–Crippen LogP) is 1.87. The van der Waals surface area contributed by atoms with Gasteiger partial charge in [-0.25, -0.2) is 0 Å². The fourth-order valence-corrected chi connectivity index (χ4v) is 2.25. The molecular formula is C13H20N2O. The normalized spacial score (nSPS) is 16.9. The lowest BCUT2D eigenvalue weighted by atomic mass is 10.1. The number of ether oxygens (including phenoxy) is 1. The molecule has 0 saturated heterocycles. The topological polar surface area (TPSA) is 38.5 Å². The molecule has 0 radical (unpaired) electrons. The Morgan fingerprint density at radius 3 is 2.69 bits per heavy atom. The average Bonchev–Trinajstić information content (AvgIpc) is 3.14. The van der Waals surface area contributed by atoms with E-state index in [1.54, 1.807) is 7.11 Å². The molecule has 3 nitrogen and oxygen atoms in total. The van der Waals surface area contributed by atoms with Gasteiger partial charge in [-0.05, 0) is 30.9 Å². The molecule has 2 N–H and O–H groups in total. The predicted molar refractivity (Wildman–Crippen MR) is 67.0 cm³/mol. The lowest BCUT2D eigenvalue weighted by molar-refractivity contribution is 0.412. The average molecular weight is 220 g/mol. The van der Waals surface area contributed by atoms with Gasteiger partial charge in [0, 0.05) is 19.6 Å². The minimum atomic E-state index is 0.441. The van der Waals surface area contributed by atoms with Crippen molar-refractivity contribution >= 4 is 5.69 Å². The summed E-state index contributed by atoms with van der Waals surface area (Å²) < 4.78 is 5.38. The Hall–Kier alpha value is -1.22. The highest BCUT2D eigenvalue weighted by molar-refractivity contribution is 5.58. The van der Waals surface area contributed by atoms with Crippen molar-refractivity contribution in [2.45, 2.75) is 18.9 Å². The van der Waals surface area contributed by atoms with Gasteiger partial charge >= 0.3 is 0 Å². The van der Waals surface area contributed by atoms with E-state index in [1.165, 1.54) is 12.8 Å². The minimum absolute atomic E-state index is 0.441. The van der Waals surface area contributed by atoms with Crippen LogP contribution in [0.5, 0.6) is 5.75 Å². The van der Waals surface area contributed by atoms with Crippen LogP contribution in [0.25, 0.3) is 0 Å². The summed E-state index contributed by atoms with van der Waals surface area (Å²) in [6.07, 6.45) is 2.61. The zero-order valence-electron chi connectivity index (χ0n) is 10.0. The lowest BCUT2D eigenvalue weighted by Crippen LogP contribution is -2.39. The van der Waals surface area contributed by atoms with Crippen molar-refractivity contribution < 1.29 is 4.74 Å². The molecule has 1 aliphatic rings. The minimum Gasteiger partial charge on any atom is -0.495 e. The third kappa shape index (κ3) is 2.14.